The number of hydrogen-bond donors (Lipinski definition) is 1. The zero-order valence-corrected chi connectivity index (χ0v) is 14.6. The maximum atomic E-state index is 5.18. The van der Waals surface area contributed by atoms with Gasteiger partial charge in [0.1, 0.15) is 0 Å². The number of ether oxygens (including phenoxy) is 1. The van der Waals surface area contributed by atoms with Crippen molar-refractivity contribution in [1.29, 1.82) is 0 Å². The second-order valence-corrected chi connectivity index (χ2v) is 6.70. The van der Waals surface area contributed by atoms with Crippen LogP contribution in [0.3, 0.4) is 0 Å². The molecule has 1 N–H and O–H groups in total. The van der Waals surface area contributed by atoms with Crippen molar-refractivity contribution in [2.24, 2.45) is 11.8 Å². The van der Waals surface area contributed by atoms with E-state index >= 15 is 0 Å². The Kier molecular flexibility index (Phi) is 9.16. The molecule has 0 spiro atoms. The highest BCUT2D eigenvalue weighted by Crippen LogP contribution is 2.21. The fraction of sp³-hybridized carbons (Fsp3) is 0.647. The first-order chi connectivity index (χ1) is 9.63. The highest BCUT2D eigenvalue weighted by molar-refractivity contribution is 9.10. The first kappa shape index (κ1) is 17.7. The molecule has 0 amide bonds. The lowest BCUT2D eigenvalue weighted by Gasteiger charge is -2.19. The van der Waals surface area contributed by atoms with E-state index in [9.17, 15) is 0 Å². The molecule has 0 radical (unpaired) electrons. The Morgan fingerprint density at radius 2 is 1.95 bits per heavy atom. The van der Waals surface area contributed by atoms with Crippen LogP contribution in [0.2, 0.25) is 0 Å². The van der Waals surface area contributed by atoms with Crippen LogP contribution in [0.1, 0.15) is 32.3 Å². The largest absolute Gasteiger partial charge is 0.385 e. The van der Waals surface area contributed by atoms with Crippen LogP contribution in [0.4, 0.5) is 0 Å². The predicted molar refractivity (Wildman–Crippen MR) is 90.2 cm³/mol. The fourth-order valence-electron chi connectivity index (χ4n) is 2.34. The summed E-state index contributed by atoms with van der Waals surface area (Å²) in [5, 5.41) is 3.60. The standard InChI is InChI=1S/C17H28BrNO/c1-14(2)12-19-13-15(7-6-10-20-3)11-16-8-4-5-9-17(16)18/h4-5,8-9,14-15,19H,6-7,10-13H2,1-3H3. The molecule has 0 aliphatic carbocycles. The second kappa shape index (κ2) is 10.4. The van der Waals surface area contributed by atoms with Crippen molar-refractivity contribution in [2.75, 3.05) is 26.8 Å². The van der Waals surface area contributed by atoms with Crippen LogP contribution in [0.15, 0.2) is 28.7 Å². The molecule has 20 heavy (non-hydrogen) atoms. The van der Waals surface area contributed by atoms with Gasteiger partial charge in [-0.2, -0.15) is 0 Å². The Morgan fingerprint density at radius 3 is 2.60 bits per heavy atom. The molecule has 0 saturated heterocycles. The number of rotatable bonds is 10. The van der Waals surface area contributed by atoms with Crippen LogP contribution < -0.4 is 5.32 Å². The lowest BCUT2D eigenvalue weighted by molar-refractivity contribution is 0.186. The third-order valence-corrected chi connectivity index (χ3v) is 4.19. The molecular weight excluding hydrogens is 314 g/mol. The SMILES string of the molecule is COCCCC(CNCC(C)C)Cc1ccccc1Br. The van der Waals surface area contributed by atoms with E-state index in [4.69, 9.17) is 4.74 Å². The van der Waals surface area contributed by atoms with E-state index in [0.717, 1.165) is 32.5 Å². The minimum absolute atomic E-state index is 0.669. The van der Waals surface area contributed by atoms with Gasteiger partial charge in [0.2, 0.25) is 0 Å². The summed E-state index contributed by atoms with van der Waals surface area (Å²) in [6.45, 7) is 7.54. The van der Waals surface area contributed by atoms with E-state index in [0.29, 0.717) is 11.8 Å². The van der Waals surface area contributed by atoms with E-state index in [-0.39, 0.29) is 0 Å². The minimum atomic E-state index is 0.669. The van der Waals surface area contributed by atoms with E-state index in [1.807, 2.05) is 0 Å². The molecule has 0 aromatic heterocycles. The van der Waals surface area contributed by atoms with Gasteiger partial charge in [0.15, 0.2) is 0 Å². The van der Waals surface area contributed by atoms with Crippen molar-refractivity contribution in [3.8, 4) is 0 Å². The van der Waals surface area contributed by atoms with Crippen molar-refractivity contribution in [1.82, 2.24) is 5.32 Å². The van der Waals surface area contributed by atoms with Crippen molar-refractivity contribution in [3.63, 3.8) is 0 Å². The lowest BCUT2D eigenvalue weighted by Crippen LogP contribution is -2.28. The van der Waals surface area contributed by atoms with Gasteiger partial charge in [-0.25, -0.2) is 0 Å². The highest BCUT2D eigenvalue weighted by atomic mass is 79.9. The van der Waals surface area contributed by atoms with Gasteiger partial charge in [-0.3, -0.25) is 0 Å². The molecule has 1 rings (SSSR count). The van der Waals surface area contributed by atoms with Crippen LogP contribution in [0.5, 0.6) is 0 Å². The van der Waals surface area contributed by atoms with Gasteiger partial charge in [0.05, 0.1) is 0 Å². The number of hydrogen-bond acceptors (Lipinski definition) is 2. The highest BCUT2D eigenvalue weighted by Gasteiger charge is 2.11. The number of nitrogens with one attached hydrogen (secondary N) is 1. The van der Waals surface area contributed by atoms with E-state index in [1.165, 1.54) is 16.5 Å². The van der Waals surface area contributed by atoms with Gasteiger partial charge in [-0.05, 0) is 55.8 Å². The summed E-state index contributed by atoms with van der Waals surface area (Å²) < 4.78 is 6.40. The molecule has 2 nitrogen and oxygen atoms in total. The first-order valence-corrected chi connectivity index (χ1v) is 8.35. The molecule has 1 aromatic rings. The van der Waals surface area contributed by atoms with Crippen LogP contribution in [-0.4, -0.2) is 26.8 Å². The Labute approximate surface area is 132 Å². The van der Waals surface area contributed by atoms with Gasteiger partial charge in [0.25, 0.3) is 0 Å². The molecule has 1 atom stereocenters. The van der Waals surface area contributed by atoms with Crippen LogP contribution in [0.25, 0.3) is 0 Å². The van der Waals surface area contributed by atoms with Gasteiger partial charge < -0.3 is 10.1 Å². The zero-order chi connectivity index (χ0) is 14.8. The average molecular weight is 342 g/mol. The summed E-state index contributed by atoms with van der Waals surface area (Å²) in [5.41, 5.74) is 1.40. The molecular formula is C17H28BrNO. The molecule has 0 aliphatic heterocycles. The van der Waals surface area contributed by atoms with Crippen LogP contribution in [0, 0.1) is 11.8 Å². The maximum Gasteiger partial charge on any atom is 0.0462 e. The van der Waals surface area contributed by atoms with Crippen molar-refractivity contribution in [2.45, 2.75) is 33.1 Å². The Hall–Kier alpha value is -0.380. The fourth-order valence-corrected chi connectivity index (χ4v) is 2.79. The maximum absolute atomic E-state index is 5.18. The summed E-state index contributed by atoms with van der Waals surface area (Å²) in [5.74, 6) is 1.38. The zero-order valence-electron chi connectivity index (χ0n) is 13.0. The summed E-state index contributed by atoms with van der Waals surface area (Å²) in [6.07, 6.45) is 3.46. The van der Waals surface area contributed by atoms with Crippen molar-refractivity contribution < 1.29 is 4.74 Å². The predicted octanol–water partition coefficient (Wildman–Crippen LogP) is 4.28. The summed E-state index contributed by atoms with van der Waals surface area (Å²) in [6, 6.07) is 8.54. The second-order valence-electron chi connectivity index (χ2n) is 5.85. The molecule has 0 heterocycles. The monoisotopic (exact) mass is 341 g/mol. The molecule has 0 fully saturated rings. The van der Waals surface area contributed by atoms with Crippen molar-refractivity contribution >= 4 is 15.9 Å². The summed E-state index contributed by atoms with van der Waals surface area (Å²) >= 11 is 3.65. The third kappa shape index (κ3) is 7.41. The minimum Gasteiger partial charge on any atom is -0.385 e. The van der Waals surface area contributed by atoms with Gasteiger partial charge in [-0.1, -0.05) is 48.0 Å². The molecule has 3 heteroatoms. The Bertz CT molecular complexity index is 368. The summed E-state index contributed by atoms with van der Waals surface area (Å²) in [4.78, 5) is 0. The molecule has 0 bridgehead atoms. The normalized spacial score (nSPS) is 12.8. The topological polar surface area (TPSA) is 21.3 Å². The van der Waals surface area contributed by atoms with Gasteiger partial charge >= 0.3 is 0 Å². The van der Waals surface area contributed by atoms with Gasteiger partial charge in [-0.15, -0.1) is 0 Å². The van der Waals surface area contributed by atoms with Crippen LogP contribution in [-0.2, 0) is 11.2 Å². The quantitative estimate of drug-likeness (QED) is 0.641. The third-order valence-electron chi connectivity index (χ3n) is 3.41. The molecule has 1 unspecified atom stereocenters. The first-order valence-electron chi connectivity index (χ1n) is 7.56. The van der Waals surface area contributed by atoms with E-state index in [2.05, 4.69) is 59.4 Å². The summed E-state index contributed by atoms with van der Waals surface area (Å²) in [7, 11) is 1.78. The van der Waals surface area contributed by atoms with Gasteiger partial charge in [0, 0.05) is 18.2 Å². The Morgan fingerprint density at radius 1 is 1.20 bits per heavy atom. The van der Waals surface area contributed by atoms with Crippen LogP contribution >= 0.6 is 15.9 Å². The smallest absolute Gasteiger partial charge is 0.0462 e. The lowest BCUT2D eigenvalue weighted by atomic mass is 9.94. The number of benzene rings is 1. The average Bonchev–Trinajstić information content (AvgIpc) is 2.41. The van der Waals surface area contributed by atoms with E-state index < -0.39 is 0 Å². The molecule has 114 valence electrons. The molecule has 0 saturated carbocycles. The Balaban J connectivity index is 2.50. The van der Waals surface area contributed by atoms with E-state index in [1.54, 1.807) is 7.11 Å². The molecule has 0 aliphatic rings. The number of halogens is 1. The number of methoxy groups -OCH3 is 1. The van der Waals surface area contributed by atoms with Crippen molar-refractivity contribution in [3.05, 3.63) is 34.3 Å². The molecule has 1 aromatic carbocycles.